The molecule has 1 atom stereocenters. The summed E-state index contributed by atoms with van der Waals surface area (Å²) in [4.78, 5) is 11.0. The summed E-state index contributed by atoms with van der Waals surface area (Å²) in [6.45, 7) is 2.02. The SMILES string of the molecule is COC(=O)[C@@H](N)Cc1ccc(C)cc1. The lowest BCUT2D eigenvalue weighted by atomic mass is 10.1. The Bertz CT molecular complexity index is 306. The Morgan fingerprint density at radius 2 is 2.00 bits per heavy atom. The van der Waals surface area contributed by atoms with Crippen molar-refractivity contribution in [3.63, 3.8) is 0 Å². The van der Waals surface area contributed by atoms with Crippen molar-refractivity contribution in [2.24, 2.45) is 5.73 Å². The van der Waals surface area contributed by atoms with Gasteiger partial charge in [0.25, 0.3) is 0 Å². The number of hydrogen-bond acceptors (Lipinski definition) is 3. The Hall–Kier alpha value is -1.35. The topological polar surface area (TPSA) is 52.3 Å². The zero-order chi connectivity index (χ0) is 10.6. The van der Waals surface area contributed by atoms with E-state index in [-0.39, 0.29) is 5.97 Å². The second kappa shape index (κ2) is 4.77. The Kier molecular flexibility index (Phi) is 3.65. The molecule has 1 aromatic rings. The second-order valence-corrected chi connectivity index (χ2v) is 3.32. The summed E-state index contributed by atoms with van der Waals surface area (Å²) in [6, 6.07) is 7.37. The van der Waals surface area contributed by atoms with Gasteiger partial charge in [0.2, 0.25) is 0 Å². The minimum absolute atomic E-state index is 0.370. The molecule has 0 radical (unpaired) electrons. The number of aryl methyl sites for hydroxylation is 1. The van der Waals surface area contributed by atoms with E-state index in [1.165, 1.54) is 12.7 Å². The van der Waals surface area contributed by atoms with E-state index in [2.05, 4.69) is 4.74 Å². The molecule has 2 N–H and O–H groups in total. The van der Waals surface area contributed by atoms with Gasteiger partial charge in [-0.15, -0.1) is 0 Å². The normalized spacial score (nSPS) is 12.2. The van der Waals surface area contributed by atoms with Crippen molar-refractivity contribution in [2.45, 2.75) is 19.4 Å². The van der Waals surface area contributed by atoms with Crippen molar-refractivity contribution in [3.05, 3.63) is 35.4 Å². The van der Waals surface area contributed by atoms with Gasteiger partial charge in [0, 0.05) is 0 Å². The van der Waals surface area contributed by atoms with Gasteiger partial charge >= 0.3 is 5.97 Å². The number of carbonyl (C=O) groups excluding carboxylic acids is 1. The maximum absolute atomic E-state index is 11.0. The van der Waals surface area contributed by atoms with Gasteiger partial charge in [-0.3, -0.25) is 4.79 Å². The maximum atomic E-state index is 11.0. The van der Waals surface area contributed by atoms with Crippen LogP contribution in [0.1, 0.15) is 11.1 Å². The molecule has 0 bridgehead atoms. The predicted octanol–water partition coefficient (Wildman–Crippen LogP) is 1.04. The highest BCUT2D eigenvalue weighted by molar-refractivity contribution is 5.75. The molecule has 0 aromatic heterocycles. The molecule has 0 saturated carbocycles. The predicted molar refractivity (Wildman–Crippen MR) is 54.9 cm³/mol. The first-order chi connectivity index (χ1) is 6.63. The van der Waals surface area contributed by atoms with Gasteiger partial charge in [0.1, 0.15) is 6.04 Å². The van der Waals surface area contributed by atoms with Crippen LogP contribution in [-0.4, -0.2) is 19.1 Å². The highest BCUT2D eigenvalue weighted by Gasteiger charge is 2.13. The molecule has 0 fully saturated rings. The number of rotatable bonds is 3. The summed E-state index contributed by atoms with van der Waals surface area (Å²) >= 11 is 0. The van der Waals surface area contributed by atoms with E-state index in [9.17, 15) is 4.79 Å². The standard InChI is InChI=1S/C11H15NO2/c1-8-3-5-9(6-4-8)7-10(12)11(13)14-2/h3-6,10H,7,12H2,1-2H3/t10-/m0/s1. The van der Waals surface area contributed by atoms with Gasteiger partial charge in [-0.05, 0) is 18.9 Å². The second-order valence-electron chi connectivity index (χ2n) is 3.32. The number of methoxy groups -OCH3 is 1. The molecule has 14 heavy (non-hydrogen) atoms. The summed E-state index contributed by atoms with van der Waals surface area (Å²) in [5.41, 5.74) is 7.87. The van der Waals surface area contributed by atoms with E-state index in [4.69, 9.17) is 5.73 Å². The van der Waals surface area contributed by atoms with Gasteiger partial charge < -0.3 is 10.5 Å². The van der Waals surface area contributed by atoms with Crippen molar-refractivity contribution in [3.8, 4) is 0 Å². The first-order valence-electron chi connectivity index (χ1n) is 4.52. The molecule has 76 valence electrons. The molecule has 0 amide bonds. The first-order valence-corrected chi connectivity index (χ1v) is 4.52. The number of hydrogen-bond donors (Lipinski definition) is 1. The van der Waals surface area contributed by atoms with Crippen molar-refractivity contribution in [1.82, 2.24) is 0 Å². The molecule has 0 aliphatic rings. The number of benzene rings is 1. The quantitative estimate of drug-likeness (QED) is 0.730. The molecule has 3 heteroatoms. The molecule has 0 aliphatic carbocycles. The summed E-state index contributed by atoms with van der Waals surface area (Å²) in [7, 11) is 1.34. The molecule has 3 nitrogen and oxygen atoms in total. The molecule has 1 rings (SSSR count). The smallest absolute Gasteiger partial charge is 0.322 e. The third-order valence-corrected chi connectivity index (χ3v) is 2.08. The lowest BCUT2D eigenvalue weighted by Crippen LogP contribution is -2.33. The Balaban J connectivity index is 2.60. The van der Waals surface area contributed by atoms with Crippen LogP contribution in [0.25, 0.3) is 0 Å². The molecule has 0 aliphatic heterocycles. The lowest BCUT2D eigenvalue weighted by Gasteiger charge is -2.08. The third-order valence-electron chi connectivity index (χ3n) is 2.08. The van der Waals surface area contributed by atoms with Gasteiger partial charge in [-0.2, -0.15) is 0 Å². The summed E-state index contributed by atoms with van der Waals surface area (Å²) in [6.07, 6.45) is 0.521. The van der Waals surface area contributed by atoms with Gasteiger partial charge in [0.05, 0.1) is 7.11 Å². The van der Waals surface area contributed by atoms with Crippen LogP contribution in [0.4, 0.5) is 0 Å². The number of nitrogens with two attached hydrogens (primary N) is 1. The van der Waals surface area contributed by atoms with E-state index >= 15 is 0 Å². The zero-order valence-electron chi connectivity index (χ0n) is 8.49. The molecular weight excluding hydrogens is 178 g/mol. The molecule has 0 spiro atoms. The van der Waals surface area contributed by atoms with E-state index in [0.717, 1.165) is 5.56 Å². The number of esters is 1. The number of carbonyl (C=O) groups is 1. The highest BCUT2D eigenvalue weighted by atomic mass is 16.5. The van der Waals surface area contributed by atoms with Crippen LogP contribution >= 0.6 is 0 Å². The van der Waals surface area contributed by atoms with Crippen LogP contribution in [0, 0.1) is 6.92 Å². The van der Waals surface area contributed by atoms with Crippen LogP contribution in [0.5, 0.6) is 0 Å². The van der Waals surface area contributed by atoms with Crippen LogP contribution < -0.4 is 5.73 Å². The van der Waals surface area contributed by atoms with Crippen molar-refractivity contribution in [2.75, 3.05) is 7.11 Å². The lowest BCUT2D eigenvalue weighted by molar-refractivity contribution is -0.142. The average molecular weight is 193 g/mol. The average Bonchev–Trinajstić information content (AvgIpc) is 2.20. The van der Waals surface area contributed by atoms with Crippen molar-refractivity contribution >= 4 is 5.97 Å². The van der Waals surface area contributed by atoms with E-state index in [1.807, 2.05) is 31.2 Å². The summed E-state index contributed by atoms with van der Waals surface area (Å²) < 4.78 is 4.54. The minimum atomic E-state index is -0.567. The monoisotopic (exact) mass is 193 g/mol. The molecule has 1 aromatic carbocycles. The van der Waals surface area contributed by atoms with Crippen LogP contribution in [0.15, 0.2) is 24.3 Å². The molecular formula is C11H15NO2. The van der Waals surface area contributed by atoms with E-state index < -0.39 is 6.04 Å². The third kappa shape index (κ3) is 2.85. The van der Waals surface area contributed by atoms with Gasteiger partial charge in [-0.25, -0.2) is 0 Å². The largest absolute Gasteiger partial charge is 0.468 e. The Morgan fingerprint density at radius 1 is 1.43 bits per heavy atom. The highest BCUT2D eigenvalue weighted by Crippen LogP contribution is 2.05. The molecule has 0 unspecified atom stereocenters. The number of ether oxygens (including phenoxy) is 1. The maximum Gasteiger partial charge on any atom is 0.322 e. The van der Waals surface area contributed by atoms with E-state index in [0.29, 0.717) is 6.42 Å². The minimum Gasteiger partial charge on any atom is -0.468 e. The Labute approximate surface area is 83.9 Å². The summed E-state index contributed by atoms with van der Waals surface area (Å²) in [5, 5.41) is 0. The fourth-order valence-corrected chi connectivity index (χ4v) is 1.21. The zero-order valence-corrected chi connectivity index (χ0v) is 8.49. The fourth-order valence-electron chi connectivity index (χ4n) is 1.21. The molecule has 0 heterocycles. The van der Waals surface area contributed by atoms with Crippen LogP contribution in [-0.2, 0) is 16.0 Å². The van der Waals surface area contributed by atoms with Crippen LogP contribution in [0.2, 0.25) is 0 Å². The Morgan fingerprint density at radius 3 is 2.50 bits per heavy atom. The van der Waals surface area contributed by atoms with Gasteiger partial charge in [-0.1, -0.05) is 29.8 Å². The van der Waals surface area contributed by atoms with Gasteiger partial charge in [0.15, 0.2) is 0 Å². The van der Waals surface area contributed by atoms with E-state index in [1.54, 1.807) is 0 Å². The summed E-state index contributed by atoms with van der Waals surface area (Å²) in [5.74, 6) is -0.370. The van der Waals surface area contributed by atoms with Crippen LogP contribution in [0.3, 0.4) is 0 Å². The first kappa shape index (κ1) is 10.7. The van der Waals surface area contributed by atoms with Crippen molar-refractivity contribution in [1.29, 1.82) is 0 Å². The molecule has 0 saturated heterocycles. The fraction of sp³-hybridized carbons (Fsp3) is 0.364. The van der Waals surface area contributed by atoms with Crippen molar-refractivity contribution < 1.29 is 9.53 Å².